The molecule has 1 aromatic heterocycles. The van der Waals surface area contributed by atoms with Gasteiger partial charge >= 0.3 is 0 Å². The number of thiocarbonyl (C=S) groups is 1. The van der Waals surface area contributed by atoms with Gasteiger partial charge in [0.15, 0.2) is 10.7 Å². The molecule has 0 fully saturated rings. The van der Waals surface area contributed by atoms with Crippen LogP contribution < -0.4 is 10.6 Å². The molecular weight excluding hydrogens is 450 g/mol. The number of anilines is 1. The van der Waals surface area contributed by atoms with Crippen molar-refractivity contribution >= 4 is 56.0 Å². The van der Waals surface area contributed by atoms with Crippen LogP contribution in [-0.2, 0) is 0 Å². The number of rotatable bonds is 3. The third-order valence-corrected chi connectivity index (χ3v) is 5.15. The Morgan fingerprint density at radius 2 is 1.90 bits per heavy atom. The van der Waals surface area contributed by atoms with Crippen LogP contribution in [0, 0.1) is 6.92 Å². The molecule has 4 aromatic rings. The van der Waals surface area contributed by atoms with Gasteiger partial charge in [-0.05, 0) is 77.5 Å². The highest BCUT2D eigenvalue weighted by Crippen LogP contribution is 2.30. The smallest absolute Gasteiger partial charge is 0.257 e. The van der Waals surface area contributed by atoms with Crippen LogP contribution in [-0.4, -0.2) is 16.0 Å². The van der Waals surface area contributed by atoms with Gasteiger partial charge in [0.25, 0.3) is 5.91 Å². The molecule has 1 heterocycles. The van der Waals surface area contributed by atoms with Crippen LogP contribution in [0.5, 0.6) is 0 Å². The van der Waals surface area contributed by atoms with Crippen molar-refractivity contribution in [2.75, 3.05) is 5.32 Å². The van der Waals surface area contributed by atoms with Crippen LogP contribution in [0.15, 0.2) is 75.6 Å². The summed E-state index contributed by atoms with van der Waals surface area (Å²) in [7, 11) is 0. The average molecular weight is 466 g/mol. The van der Waals surface area contributed by atoms with E-state index in [0.29, 0.717) is 28.2 Å². The molecule has 1 amide bonds. The predicted molar refractivity (Wildman–Crippen MR) is 122 cm³/mol. The molecule has 0 atom stereocenters. The second-order valence-electron chi connectivity index (χ2n) is 6.46. The van der Waals surface area contributed by atoms with Gasteiger partial charge in [-0.3, -0.25) is 10.1 Å². The Morgan fingerprint density at radius 3 is 2.69 bits per heavy atom. The molecule has 0 radical (unpaired) electrons. The Balaban J connectivity index is 1.50. The van der Waals surface area contributed by atoms with Gasteiger partial charge in [0, 0.05) is 15.7 Å². The summed E-state index contributed by atoms with van der Waals surface area (Å²) >= 11 is 8.79. The summed E-state index contributed by atoms with van der Waals surface area (Å²) in [5.41, 5.74) is 4.50. The minimum atomic E-state index is -0.259. The maximum Gasteiger partial charge on any atom is 0.257 e. The maximum absolute atomic E-state index is 12.3. The lowest BCUT2D eigenvalue weighted by Crippen LogP contribution is -2.34. The van der Waals surface area contributed by atoms with E-state index in [0.717, 1.165) is 15.6 Å². The average Bonchev–Trinajstić information content (AvgIpc) is 3.11. The summed E-state index contributed by atoms with van der Waals surface area (Å²) < 4.78 is 6.76. The number of fused-ring (bicyclic) bond motifs is 1. The number of hydrogen-bond acceptors (Lipinski definition) is 4. The van der Waals surface area contributed by atoms with Crippen molar-refractivity contribution in [2.24, 2.45) is 0 Å². The zero-order chi connectivity index (χ0) is 20.4. The molecule has 7 heteroatoms. The number of aromatic nitrogens is 1. The molecular formula is C22H16BrN3O2S. The van der Waals surface area contributed by atoms with Gasteiger partial charge in [-0.15, -0.1) is 0 Å². The Bertz CT molecular complexity index is 1240. The summed E-state index contributed by atoms with van der Waals surface area (Å²) in [6.07, 6.45) is 0. The predicted octanol–water partition coefficient (Wildman–Crippen LogP) is 5.69. The molecule has 3 aromatic carbocycles. The number of nitrogens with one attached hydrogen (secondary N) is 2. The fourth-order valence-electron chi connectivity index (χ4n) is 2.88. The molecule has 0 aliphatic rings. The lowest BCUT2D eigenvalue weighted by Gasteiger charge is -2.09. The first-order valence-corrected chi connectivity index (χ1v) is 10.0. The van der Waals surface area contributed by atoms with Crippen molar-refractivity contribution in [1.29, 1.82) is 0 Å². The van der Waals surface area contributed by atoms with Gasteiger partial charge in [-0.2, -0.15) is 0 Å². The molecule has 0 spiro atoms. The number of aryl methyl sites for hydroxylation is 1. The molecule has 29 heavy (non-hydrogen) atoms. The minimum absolute atomic E-state index is 0.213. The monoisotopic (exact) mass is 465 g/mol. The van der Waals surface area contributed by atoms with Crippen molar-refractivity contribution in [3.05, 3.63) is 82.3 Å². The zero-order valence-corrected chi connectivity index (χ0v) is 17.8. The van der Waals surface area contributed by atoms with Gasteiger partial charge in [-0.1, -0.05) is 29.8 Å². The quantitative estimate of drug-likeness (QED) is 0.380. The van der Waals surface area contributed by atoms with E-state index in [9.17, 15) is 4.79 Å². The highest BCUT2D eigenvalue weighted by atomic mass is 79.9. The van der Waals surface area contributed by atoms with E-state index >= 15 is 0 Å². The molecule has 2 N–H and O–H groups in total. The molecule has 4 rings (SSSR count). The largest absolute Gasteiger partial charge is 0.436 e. The normalized spacial score (nSPS) is 10.7. The number of nitrogens with zero attached hydrogens (tertiary/aromatic N) is 1. The maximum atomic E-state index is 12.3. The van der Waals surface area contributed by atoms with E-state index in [1.54, 1.807) is 6.07 Å². The van der Waals surface area contributed by atoms with Crippen molar-refractivity contribution in [1.82, 2.24) is 10.3 Å². The van der Waals surface area contributed by atoms with E-state index < -0.39 is 0 Å². The van der Waals surface area contributed by atoms with Gasteiger partial charge in [0.1, 0.15) is 5.52 Å². The number of carbonyl (C=O) groups is 1. The Hall–Kier alpha value is -3.03. The number of carbonyl (C=O) groups excluding carboxylic acids is 1. The molecule has 0 aliphatic carbocycles. The minimum Gasteiger partial charge on any atom is -0.436 e. The first kappa shape index (κ1) is 19.3. The highest BCUT2D eigenvalue weighted by molar-refractivity contribution is 9.10. The molecule has 144 valence electrons. The summed E-state index contributed by atoms with van der Waals surface area (Å²) in [5.74, 6) is 0.268. The topological polar surface area (TPSA) is 67.2 Å². The molecule has 0 bridgehead atoms. The van der Waals surface area contributed by atoms with Crippen LogP contribution >= 0.6 is 28.1 Å². The van der Waals surface area contributed by atoms with Crippen molar-refractivity contribution in [2.45, 2.75) is 6.92 Å². The van der Waals surface area contributed by atoms with Crippen molar-refractivity contribution in [3.63, 3.8) is 0 Å². The van der Waals surface area contributed by atoms with E-state index in [2.05, 4.69) is 31.5 Å². The van der Waals surface area contributed by atoms with E-state index in [4.69, 9.17) is 16.6 Å². The summed E-state index contributed by atoms with van der Waals surface area (Å²) in [6, 6.07) is 20.5. The molecule has 0 unspecified atom stereocenters. The number of hydrogen-bond donors (Lipinski definition) is 2. The van der Waals surface area contributed by atoms with Crippen LogP contribution in [0.4, 0.5) is 5.69 Å². The second-order valence-corrected chi connectivity index (χ2v) is 7.72. The highest BCUT2D eigenvalue weighted by Gasteiger charge is 2.12. The van der Waals surface area contributed by atoms with Crippen LogP contribution in [0.1, 0.15) is 15.9 Å². The number of amides is 1. The molecule has 5 nitrogen and oxygen atoms in total. The van der Waals surface area contributed by atoms with Crippen LogP contribution in [0.2, 0.25) is 0 Å². The summed E-state index contributed by atoms with van der Waals surface area (Å²) in [6.45, 7) is 1.93. The number of benzene rings is 3. The van der Waals surface area contributed by atoms with E-state index in [1.807, 2.05) is 67.6 Å². The Labute approximate surface area is 181 Å². The first-order valence-electron chi connectivity index (χ1n) is 8.84. The van der Waals surface area contributed by atoms with Crippen LogP contribution in [0.25, 0.3) is 22.6 Å². The van der Waals surface area contributed by atoms with Gasteiger partial charge < -0.3 is 9.73 Å². The number of halogens is 1. The Kier molecular flexibility index (Phi) is 5.42. The Morgan fingerprint density at radius 1 is 1.07 bits per heavy atom. The van der Waals surface area contributed by atoms with E-state index in [1.165, 1.54) is 0 Å². The van der Waals surface area contributed by atoms with Crippen molar-refractivity contribution < 1.29 is 9.21 Å². The van der Waals surface area contributed by atoms with Crippen LogP contribution in [0.3, 0.4) is 0 Å². The zero-order valence-electron chi connectivity index (χ0n) is 15.4. The van der Waals surface area contributed by atoms with Gasteiger partial charge in [0.2, 0.25) is 5.89 Å². The lowest BCUT2D eigenvalue weighted by atomic mass is 10.1. The van der Waals surface area contributed by atoms with E-state index in [-0.39, 0.29) is 11.0 Å². The molecule has 0 saturated carbocycles. The number of oxazole rings is 1. The molecule has 0 aliphatic heterocycles. The van der Waals surface area contributed by atoms with Crippen molar-refractivity contribution in [3.8, 4) is 11.5 Å². The SMILES string of the molecule is Cc1cccc(C(=O)NC(=S)Nc2ccc3oc(-c4ccccc4Br)nc3c2)c1. The van der Waals surface area contributed by atoms with Gasteiger partial charge in [0.05, 0.1) is 5.56 Å². The summed E-state index contributed by atoms with van der Waals surface area (Å²) in [5, 5.41) is 5.92. The summed E-state index contributed by atoms with van der Waals surface area (Å²) in [4.78, 5) is 16.9. The first-order chi connectivity index (χ1) is 14.0. The second kappa shape index (κ2) is 8.14. The fourth-order valence-corrected chi connectivity index (χ4v) is 3.54. The standard InChI is InChI=1S/C22H16BrN3O2S/c1-13-5-4-6-14(11-13)20(27)26-22(29)24-15-9-10-19-18(12-15)25-21(28-19)16-7-2-3-8-17(16)23/h2-12H,1H3,(H2,24,26,27,29). The fraction of sp³-hybridized carbons (Fsp3) is 0.0455. The third-order valence-electron chi connectivity index (χ3n) is 4.26. The lowest BCUT2D eigenvalue weighted by molar-refractivity contribution is 0.0977. The van der Waals surface area contributed by atoms with Gasteiger partial charge in [-0.25, -0.2) is 4.98 Å². The third kappa shape index (κ3) is 4.36. The molecule has 0 saturated heterocycles.